The van der Waals surface area contributed by atoms with Crippen molar-refractivity contribution in [3.05, 3.63) is 169 Å². The van der Waals surface area contributed by atoms with Crippen molar-refractivity contribution in [3.63, 3.8) is 0 Å². The van der Waals surface area contributed by atoms with Gasteiger partial charge in [0.15, 0.2) is 0 Å². The molecule has 12 rings (SSSR count). The van der Waals surface area contributed by atoms with E-state index in [2.05, 4.69) is 155 Å². The molecule has 4 aromatic rings. The third-order valence-electron chi connectivity index (χ3n) is 17.4. The van der Waals surface area contributed by atoms with E-state index in [-0.39, 0.29) is 0 Å². The van der Waals surface area contributed by atoms with Crippen LogP contribution in [0.2, 0.25) is 0 Å². The summed E-state index contributed by atoms with van der Waals surface area (Å²) in [6.45, 7) is 5.77. The Labute approximate surface area is 376 Å². The zero-order valence-electron chi connectivity index (χ0n) is 37.0. The summed E-state index contributed by atoms with van der Waals surface area (Å²) >= 11 is 0. The molecule has 2 aliphatic heterocycles. The van der Waals surface area contributed by atoms with E-state index in [4.69, 9.17) is 16.5 Å². The fourth-order valence-electron chi connectivity index (χ4n) is 14.6. The van der Waals surface area contributed by atoms with Crippen LogP contribution in [0.1, 0.15) is 77.0 Å². The van der Waals surface area contributed by atoms with Gasteiger partial charge in [0.05, 0.1) is 17.3 Å². The summed E-state index contributed by atoms with van der Waals surface area (Å²) in [5.41, 5.74) is 9.21. The molecule has 0 amide bonds. The smallest absolute Gasteiger partial charge is 0.227 e. The molecule has 3 aromatic carbocycles. The molecule has 4 nitrogen and oxygen atoms in total. The minimum atomic E-state index is 0.331. The lowest BCUT2D eigenvalue weighted by atomic mass is 9.53. The van der Waals surface area contributed by atoms with Crippen LogP contribution in [-0.2, 0) is 0 Å². The average Bonchev–Trinajstić information content (AvgIpc) is 3.71. The van der Waals surface area contributed by atoms with Gasteiger partial charge >= 0.3 is 0 Å². The summed E-state index contributed by atoms with van der Waals surface area (Å²) in [5.74, 6) is 7.40. The predicted molar refractivity (Wildman–Crippen MR) is 261 cm³/mol. The van der Waals surface area contributed by atoms with Crippen LogP contribution in [-0.4, -0.2) is 28.6 Å². The molecule has 6 aliphatic carbocycles. The van der Waals surface area contributed by atoms with Gasteiger partial charge in [0, 0.05) is 46.8 Å². The number of rotatable bonds is 5. The fraction of sp³-hybridized carbons (Fsp3) is 0.424. The van der Waals surface area contributed by atoms with Crippen molar-refractivity contribution < 1.29 is 0 Å². The second kappa shape index (κ2) is 16.7. The highest BCUT2D eigenvalue weighted by Crippen LogP contribution is 2.57. The quantitative estimate of drug-likeness (QED) is 0.188. The topological polar surface area (TPSA) is 32.3 Å². The van der Waals surface area contributed by atoms with Crippen molar-refractivity contribution in [2.45, 2.75) is 89.1 Å². The van der Waals surface area contributed by atoms with Crippen molar-refractivity contribution in [3.8, 4) is 11.3 Å². The maximum absolute atomic E-state index is 5.53. The first kappa shape index (κ1) is 39.4. The number of para-hydroxylation sites is 2. The van der Waals surface area contributed by atoms with E-state index in [0.717, 1.165) is 59.3 Å². The molecule has 2 saturated carbocycles. The Morgan fingerprint density at radius 3 is 2.27 bits per heavy atom. The van der Waals surface area contributed by atoms with Crippen molar-refractivity contribution in [1.82, 2.24) is 9.97 Å². The standard InChI is InChI=1S/C59H64N4/c1-39-17-5-4-16-34-62(59-60-53-26-14-12-25-50(53)58(61-59)40-18-6-2-7-19-40)56-38-51(47-22-10-11-24-49(47)57(39)56)45-31-30-41-35-42(28-29-43(41)36-45)44-32-33-55-52(37-44)48-23-13-15-27-54(48)63(55)46-20-8-3-9-21-46/h2-4,6-10,12,14-16,18-22,25-29,32-33,41-45,47,49,51-52,55-57H,1,5,11,13,17,23-24,30-31,34-38H2/b16-4-/t41?,42-,43-,44-,45-,47?,49-,51+,52+,55?,56+,57?/m0/s1. The van der Waals surface area contributed by atoms with Gasteiger partial charge in [-0.15, -0.1) is 0 Å². The van der Waals surface area contributed by atoms with E-state index >= 15 is 0 Å². The van der Waals surface area contributed by atoms with E-state index in [1.807, 2.05) is 0 Å². The maximum Gasteiger partial charge on any atom is 0.227 e. The van der Waals surface area contributed by atoms with Crippen molar-refractivity contribution in [2.75, 3.05) is 16.3 Å². The molecule has 4 heteroatoms. The van der Waals surface area contributed by atoms with Crippen LogP contribution < -0.4 is 9.80 Å². The highest BCUT2D eigenvalue weighted by Gasteiger charge is 2.51. The molecule has 0 N–H and O–H groups in total. The van der Waals surface area contributed by atoms with E-state index in [0.29, 0.717) is 59.4 Å². The third-order valence-corrected chi connectivity index (χ3v) is 17.4. The molecule has 3 heterocycles. The zero-order valence-corrected chi connectivity index (χ0v) is 37.0. The van der Waals surface area contributed by atoms with Crippen LogP contribution in [0.15, 0.2) is 169 Å². The van der Waals surface area contributed by atoms with Crippen LogP contribution in [0.3, 0.4) is 0 Å². The lowest BCUT2D eigenvalue weighted by Crippen LogP contribution is -2.54. The largest absolute Gasteiger partial charge is 0.334 e. The third kappa shape index (κ3) is 7.11. The molecule has 320 valence electrons. The lowest BCUT2D eigenvalue weighted by Gasteiger charge is -2.55. The number of hydrogen-bond acceptors (Lipinski definition) is 4. The Balaban J connectivity index is 0.823. The van der Waals surface area contributed by atoms with E-state index in [1.54, 1.807) is 5.57 Å². The SMILES string of the molecule is C=C1CC/C=C\CN(c2nc(-c3ccccc3)c3ccccc3n2)[C@@H]2C[C@H]([C@H]3CCC4C[C@@H]([C@H]5C=CC6[C@H](C5)C5=C(C=CCC5)N6c5ccccc5)C=C[C@H]4C3)C3C=CCC[C@@H]3C12. The second-order valence-electron chi connectivity index (χ2n) is 20.5. The Hall–Kier alpha value is -5.22. The lowest BCUT2D eigenvalue weighted by molar-refractivity contribution is 0.0325. The fourth-order valence-corrected chi connectivity index (χ4v) is 14.6. The molecule has 0 bridgehead atoms. The summed E-state index contributed by atoms with van der Waals surface area (Å²) in [6, 6.07) is 31.3. The Morgan fingerprint density at radius 2 is 1.37 bits per heavy atom. The van der Waals surface area contributed by atoms with E-state index in [9.17, 15) is 0 Å². The molecule has 12 atom stereocenters. The van der Waals surface area contributed by atoms with Crippen LogP contribution in [0.25, 0.3) is 22.2 Å². The van der Waals surface area contributed by atoms with Gasteiger partial charge in [0.25, 0.3) is 0 Å². The van der Waals surface area contributed by atoms with Gasteiger partial charge in [-0.1, -0.05) is 134 Å². The van der Waals surface area contributed by atoms with E-state index < -0.39 is 0 Å². The number of fused-ring (bicyclic) bond motifs is 7. The predicted octanol–water partition coefficient (Wildman–Crippen LogP) is 13.9. The van der Waals surface area contributed by atoms with Crippen molar-refractivity contribution in [1.29, 1.82) is 0 Å². The molecule has 0 spiro atoms. The minimum absolute atomic E-state index is 0.331. The summed E-state index contributed by atoms with van der Waals surface area (Å²) in [7, 11) is 0. The summed E-state index contributed by atoms with van der Waals surface area (Å²) in [6.07, 6.45) is 40.5. The Bertz CT molecular complexity index is 2530. The number of nitrogens with zero attached hydrogens (tertiary/aromatic N) is 4. The molecule has 1 aromatic heterocycles. The number of benzene rings is 3. The van der Waals surface area contributed by atoms with E-state index in [1.165, 1.54) is 81.2 Å². The first-order valence-electron chi connectivity index (χ1n) is 24.8. The second-order valence-corrected chi connectivity index (χ2v) is 20.5. The molecule has 2 fully saturated rings. The molecule has 63 heavy (non-hydrogen) atoms. The highest BCUT2D eigenvalue weighted by atomic mass is 15.3. The van der Waals surface area contributed by atoms with Gasteiger partial charge in [-0.3, -0.25) is 0 Å². The normalized spacial score (nSPS) is 35.2. The molecular weight excluding hydrogens is 765 g/mol. The van der Waals surface area contributed by atoms with Gasteiger partial charge < -0.3 is 9.80 Å². The number of aromatic nitrogens is 2. The van der Waals surface area contributed by atoms with Gasteiger partial charge in [0.2, 0.25) is 5.95 Å². The van der Waals surface area contributed by atoms with Crippen LogP contribution >= 0.6 is 0 Å². The maximum atomic E-state index is 5.53. The van der Waals surface area contributed by atoms with Gasteiger partial charge in [0.1, 0.15) is 0 Å². The Kier molecular flexibility index (Phi) is 10.5. The van der Waals surface area contributed by atoms with Crippen LogP contribution in [0.5, 0.6) is 0 Å². The summed E-state index contributed by atoms with van der Waals surface area (Å²) < 4.78 is 0. The molecular formula is C59H64N4. The van der Waals surface area contributed by atoms with Crippen molar-refractivity contribution in [2.24, 2.45) is 59.2 Å². The van der Waals surface area contributed by atoms with Crippen molar-refractivity contribution >= 4 is 22.5 Å². The summed E-state index contributed by atoms with van der Waals surface area (Å²) in [5, 5.41) is 1.12. The average molecular weight is 829 g/mol. The van der Waals surface area contributed by atoms with Gasteiger partial charge in [-0.2, -0.15) is 0 Å². The summed E-state index contributed by atoms with van der Waals surface area (Å²) in [4.78, 5) is 16.2. The number of anilines is 2. The monoisotopic (exact) mass is 829 g/mol. The zero-order chi connectivity index (χ0) is 41.9. The first-order chi connectivity index (χ1) is 31.2. The number of allylic oxidation sites excluding steroid dienone is 8. The Morgan fingerprint density at radius 1 is 0.603 bits per heavy atom. The molecule has 4 unspecified atom stereocenters. The van der Waals surface area contributed by atoms with Crippen LogP contribution in [0, 0.1) is 59.2 Å². The minimum Gasteiger partial charge on any atom is -0.334 e. The molecule has 8 aliphatic rings. The van der Waals surface area contributed by atoms with Gasteiger partial charge in [-0.05, 0) is 154 Å². The van der Waals surface area contributed by atoms with Crippen LogP contribution in [0.4, 0.5) is 11.6 Å². The van der Waals surface area contributed by atoms with Gasteiger partial charge in [-0.25, -0.2) is 9.97 Å². The first-order valence-corrected chi connectivity index (χ1v) is 24.8. The number of hydrogen-bond donors (Lipinski definition) is 0. The molecule has 0 saturated heterocycles. The highest BCUT2D eigenvalue weighted by molar-refractivity contribution is 5.93. The molecule has 0 radical (unpaired) electrons.